The van der Waals surface area contributed by atoms with E-state index < -0.39 is 12.0 Å². The van der Waals surface area contributed by atoms with Gasteiger partial charge >= 0.3 is 6.18 Å². The summed E-state index contributed by atoms with van der Waals surface area (Å²) in [4.78, 5) is 1.84. The van der Waals surface area contributed by atoms with E-state index in [1.54, 1.807) is 18.2 Å². The molecule has 1 aromatic heterocycles. The van der Waals surface area contributed by atoms with Gasteiger partial charge in [0.25, 0.3) is 0 Å². The summed E-state index contributed by atoms with van der Waals surface area (Å²) in [7, 11) is 0. The number of hydrogen-bond acceptors (Lipinski definition) is 4. The lowest BCUT2D eigenvalue weighted by Crippen LogP contribution is -2.35. The van der Waals surface area contributed by atoms with Gasteiger partial charge in [-0.2, -0.15) is 18.4 Å². The first-order chi connectivity index (χ1) is 10.4. The highest BCUT2D eigenvalue weighted by Gasteiger charge is 2.39. The minimum Gasteiger partial charge on any atom is -0.362 e. The molecule has 1 aromatic carbocycles. The third-order valence-corrected chi connectivity index (χ3v) is 3.76. The van der Waals surface area contributed by atoms with Crippen LogP contribution in [0.25, 0.3) is 0 Å². The second-order valence-corrected chi connectivity index (χ2v) is 5.19. The van der Waals surface area contributed by atoms with Crippen LogP contribution in [0.4, 0.5) is 18.9 Å². The summed E-state index contributed by atoms with van der Waals surface area (Å²) in [6.07, 6.45) is -4.51. The van der Waals surface area contributed by atoms with Gasteiger partial charge in [-0.1, -0.05) is 11.6 Å². The molecule has 0 spiro atoms. The lowest BCUT2D eigenvalue weighted by Gasteiger charge is -2.30. The fourth-order valence-corrected chi connectivity index (χ4v) is 2.60. The van der Waals surface area contributed by atoms with Crippen molar-refractivity contribution in [1.82, 2.24) is 14.8 Å². The summed E-state index contributed by atoms with van der Waals surface area (Å²) in [5.74, 6) is -0.723. The average Bonchev–Trinajstić information content (AvgIpc) is 2.90. The van der Waals surface area contributed by atoms with Crippen molar-refractivity contribution in [2.75, 3.05) is 11.4 Å². The fraction of sp³-hybridized carbons (Fsp3) is 0.308. The molecule has 2 heterocycles. The number of nitrogens with zero attached hydrogens (tertiary/aromatic N) is 5. The van der Waals surface area contributed by atoms with Crippen molar-refractivity contribution < 1.29 is 13.2 Å². The molecule has 0 amide bonds. The van der Waals surface area contributed by atoms with Crippen molar-refractivity contribution in [3.63, 3.8) is 0 Å². The Kier molecular flexibility index (Phi) is 3.45. The van der Waals surface area contributed by atoms with Gasteiger partial charge in [-0.25, -0.2) is 0 Å². The number of fused-ring (bicyclic) bond motifs is 1. The normalized spacial score (nSPS) is 14.6. The van der Waals surface area contributed by atoms with Gasteiger partial charge in [0, 0.05) is 18.8 Å². The third kappa shape index (κ3) is 2.48. The molecule has 1 aliphatic heterocycles. The Bertz CT molecular complexity index is 762. The van der Waals surface area contributed by atoms with Crippen molar-refractivity contribution in [1.29, 1.82) is 5.26 Å². The predicted octanol–water partition coefficient (Wildman–Crippen LogP) is 2.84. The number of anilines is 1. The highest BCUT2D eigenvalue weighted by molar-refractivity contribution is 6.32. The van der Waals surface area contributed by atoms with E-state index in [0.29, 0.717) is 17.1 Å². The molecule has 114 valence electrons. The Balaban J connectivity index is 1.88. The van der Waals surface area contributed by atoms with E-state index in [-0.39, 0.29) is 18.9 Å². The Hall–Kier alpha value is -2.27. The number of hydrogen-bond donors (Lipinski definition) is 0. The molecule has 3 rings (SSSR count). The maximum absolute atomic E-state index is 12.8. The van der Waals surface area contributed by atoms with Gasteiger partial charge < -0.3 is 9.47 Å². The minimum atomic E-state index is -4.51. The number of rotatable bonds is 1. The van der Waals surface area contributed by atoms with Crippen LogP contribution in [0.3, 0.4) is 0 Å². The monoisotopic (exact) mass is 327 g/mol. The lowest BCUT2D eigenvalue weighted by atomic mass is 10.2. The zero-order chi connectivity index (χ0) is 15.9. The molecule has 0 fully saturated rings. The van der Waals surface area contributed by atoms with Crippen LogP contribution in [0.2, 0.25) is 5.02 Å². The maximum atomic E-state index is 12.8. The summed E-state index contributed by atoms with van der Waals surface area (Å²) < 4.78 is 39.4. The Morgan fingerprint density at radius 2 is 2.00 bits per heavy atom. The smallest absolute Gasteiger partial charge is 0.362 e. The lowest BCUT2D eigenvalue weighted by molar-refractivity contribution is -0.147. The highest BCUT2D eigenvalue weighted by atomic mass is 35.5. The van der Waals surface area contributed by atoms with E-state index in [1.165, 1.54) is 0 Å². The molecule has 0 atom stereocenters. The quantitative estimate of drug-likeness (QED) is 0.808. The average molecular weight is 328 g/mol. The number of aromatic nitrogens is 3. The first-order valence-corrected chi connectivity index (χ1v) is 6.72. The third-order valence-electron chi connectivity index (χ3n) is 3.45. The summed E-state index contributed by atoms with van der Waals surface area (Å²) in [5, 5.41) is 16.0. The summed E-state index contributed by atoms with van der Waals surface area (Å²) in [5.41, 5.74) is 1.08. The molecular formula is C13H9ClF3N5. The molecule has 0 bridgehead atoms. The van der Waals surface area contributed by atoms with Crippen molar-refractivity contribution in [2.24, 2.45) is 0 Å². The Labute approximate surface area is 128 Å². The second kappa shape index (κ2) is 5.18. The van der Waals surface area contributed by atoms with Crippen LogP contribution in [0.15, 0.2) is 18.2 Å². The van der Waals surface area contributed by atoms with Gasteiger partial charge in [-0.05, 0) is 18.2 Å². The van der Waals surface area contributed by atoms with Gasteiger partial charge in [0.1, 0.15) is 6.07 Å². The van der Waals surface area contributed by atoms with E-state index in [0.717, 1.165) is 10.3 Å². The Morgan fingerprint density at radius 3 is 2.64 bits per heavy atom. The van der Waals surface area contributed by atoms with Crippen molar-refractivity contribution in [3.05, 3.63) is 40.4 Å². The van der Waals surface area contributed by atoms with Gasteiger partial charge in [-0.3, -0.25) is 0 Å². The summed E-state index contributed by atoms with van der Waals surface area (Å²) >= 11 is 5.98. The van der Waals surface area contributed by atoms with Crippen molar-refractivity contribution in [2.45, 2.75) is 19.3 Å². The number of alkyl halides is 3. The van der Waals surface area contributed by atoms with Crippen molar-refractivity contribution >= 4 is 17.3 Å². The van der Waals surface area contributed by atoms with Crippen LogP contribution in [-0.4, -0.2) is 21.3 Å². The van der Waals surface area contributed by atoms with Gasteiger partial charge in [0.2, 0.25) is 5.82 Å². The molecule has 1 aliphatic rings. The second-order valence-electron chi connectivity index (χ2n) is 4.79. The summed E-state index contributed by atoms with van der Waals surface area (Å²) in [6, 6.07) is 6.87. The number of halogens is 4. The number of benzene rings is 1. The maximum Gasteiger partial charge on any atom is 0.451 e. The van der Waals surface area contributed by atoms with E-state index in [1.807, 2.05) is 11.0 Å². The molecule has 0 radical (unpaired) electrons. The van der Waals surface area contributed by atoms with Gasteiger partial charge in [0.05, 0.1) is 17.1 Å². The molecule has 0 aliphatic carbocycles. The highest BCUT2D eigenvalue weighted by Crippen LogP contribution is 2.31. The molecule has 2 aromatic rings. The largest absolute Gasteiger partial charge is 0.451 e. The Morgan fingerprint density at radius 1 is 1.23 bits per heavy atom. The fourth-order valence-electron chi connectivity index (χ4n) is 2.38. The minimum absolute atomic E-state index is 0.134. The molecule has 9 heteroatoms. The summed E-state index contributed by atoms with van der Waals surface area (Å²) in [6.45, 7) is 0.705. The molecule has 0 N–H and O–H groups in total. The van der Waals surface area contributed by atoms with Crippen LogP contribution in [0.5, 0.6) is 0 Å². The number of nitriles is 1. The van der Waals surface area contributed by atoms with Crippen LogP contribution in [-0.2, 0) is 19.3 Å². The zero-order valence-electron chi connectivity index (χ0n) is 11.1. The molecule has 0 unspecified atom stereocenters. The van der Waals surface area contributed by atoms with E-state index >= 15 is 0 Å². The van der Waals surface area contributed by atoms with E-state index in [9.17, 15) is 13.2 Å². The van der Waals surface area contributed by atoms with Crippen LogP contribution < -0.4 is 4.90 Å². The van der Waals surface area contributed by atoms with Gasteiger partial charge in [-0.15, -0.1) is 10.2 Å². The van der Waals surface area contributed by atoms with Crippen LogP contribution in [0, 0.1) is 11.3 Å². The molecular weight excluding hydrogens is 319 g/mol. The first-order valence-electron chi connectivity index (χ1n) is 6.34. The molecule has 0 saturated carbocycles. The standard InChI is InChI=1S/C13H9ClF3N5/c14-10-5-9(2-1-8(10)6-18)21-3-4-22-11(7-21)19-20-12(22)13(15,16)17/h1-2,5H,3-4,7H2. The van der Waals surface area contributed by atoms with E-state index in [2.05, 4.69) is 10.2 Å². The van der Waals surface area contributed by atoms with Crippen LogP contribution >= 0.6 is 11.6 Å². The predicted molar refractivity (Wildman–Crippen MR) is 72.2 cm³/mol. The molecule has 5 nitrogen and oxygen atoms in total. The molecule has 22 heavy (non-hydrogen) atoms. The SMILES string of the molecule is N#Cc1ccc(N2CCn3c(nnc3C(F)(F)F)C2)cc1Cl. The zero-order valence-corrected chi connectivity index (χ0v) is 11.9. The van der Waals surface area contributed by atoms with Gasteiger partial charge in [0.15, 0.2) is 5.82 Å². The van der Waals surface area contributed by atoms with Crippen molar-refractivity contribution in [3.8, 4) is 6.07 Å². The van der Waals surface area contributed by atoms with Crippen LogP contribution in [0.1, 0.15) is 17.2 Å². The topological polar surface area (TPSA) is 57.7 Å². The van der Waals surface area contributed by atoms with E-state index in [4.69, 9.17) is 16.9 Å². The molecule has 0 saturated heterocycles. The first kappa shape index (κ1) is 14.7.